The molecule has 0 aliphatic carbocycles. The van der Waals surface area contributed by atoms with Crippen LogP contribution in [-0.4, -0.2) is 29.0 Å². The number of nitrogens with zero attached hydrogens (tertiary/aromatic N) is 2. The van der Waals surface area contributed by atoms with E-state index in [1.807, 2.05) is 0 Å². The highest BCUT2D eigenvalue weighted by Gasteiger charge is 2.18. The minimum Gasteiger partial charge on any atom is -0.465 e. The van der Waals surface area contributed by atoms with Gasteiger partial charge < -0.3 is 10.1 Å². The molecule has 0 radical (unpaired) electrons. The van der Waals surface area contributed by atoms with Crippen molar-refractivity contribution in [2.75, 3.05) is 12.4 Å². The molecule has 1 aromatic heterocycles. The summed E-state index contributed by atoms with van der Waals surface area (Å²) in [7, 11) is 1.23. The van der Waals surface area contributed by atoms with Crippen LogP contribution in [0.4, 0.5) is 5.82 Å². The molecule has 8 heteroatoms. The largest absolute Gasteiger partial charge is 0.465 e. The molecule has 0 aliphatic heterocycles. The predicted molar refractivity (Wildman–Crippen MR) is 77.8 cm³/mol. The van der Waals surface area contributed by atoms with Crippen molar-refractivity contribution in [1.82, 2.24) is 9.97 Å². The standard InChI is InChI=1S/C13H9Cl2N3O3/c1-21-13(20)7-4-8(11(15)9(14)5-7)12(19)18-10-6-16-2-3-17-10/h2-6H,1H3,(H,17,18,19). The van der Waals surface area contributed by atoms with Crippen LogP contribution in [0.15, 0.2) is 30.7 Å². The van der Waals surface area contributed by atoms with E-state index >= 15 is 0 Å². The van der Waals surface area contributed by atoms with E-state index in [2.05, 4.69) is 20.0 Å². The molecule has 21 heavy (non-hydrogen) atoms. The van der Waals surface area contributed by atoms with Gasteiger partial charge in [-0.2, -0.15) is 0 Å². The van der Waals surface area contributed by atoms with Crippen molar-refractivity contribution in [3.05, 3.63) is 51.9 Å². The van der Waals surface area contributed by atoms with Gasteiger partial charge in [0.2, 0.25) is 0 Å². The summed E-state index contributed by atoms with van der Waals surface area (Å²) in [6.07, 6.45) is 4.27. The molecule has 1 aromatic carbocycles. The molecule has 0 aliphatic rings. The maximum Gasteiger partial charge on any atom is 0.337 e. The molecule has 1 amide bonds. The van der Waals surface area contributed by atoms with E-state index in [4.69, 9.17) is 23.2 Å². The second kappa shape index (κ2) is 6.51. The van der Waals surface area contributed by atoms with Gasteiger partial charge in [0, 0.05) is 12.4 Å². The molecule has 0 saturated carbocycles. The number of nitrogens with one attached hydrogen (secondary N) is 1. The second-order valence-corrected chi connectivity index (χ2v) is 4.64. The van der Waals surface area contributed by atoms with Gasteiger partial charge in [0.1, 0.15) is 0 Å². The van der Waals surface area contributed by atoms with Crippen LogP contribution >= 0.6 is 23.2 Å². The van der Waals surface area contributed by atoms with Crippen molar-refractivity contribution in [1.29, 1.82) is 0 Å². The molecular formula is C13H9Cl2N3O3. The summed E-state index contributed by atoms with van der Waals surface area (Å²) in [5.41, 5.74) is 0.159. The Labute approximate surface area is 130 Å². The third-order valence-corrected chi connectivity index (χ3v) is 3.30. The van der Waals surface area contributed by atoms with E-state index < -0.39 is 11.9 Å². The number of amides is 1. The maximum absolute atomic E-state index is 12.2. The van der Waals surface area contributed by atoms with E-state index in [-0.39, 0.29) is 27.0 Å². The maximum atomic E-state index is 12.2. The van der Waals surface area contributed by atoms with Gasteiger partial charge >= 0.3 is 5.97 Å². The number of rotatable bonds is 3. The topological polar surface area (TPSA) is 81.2 Å². The van der Waals surface area contributed by atoms with Gasteiger partial charge in [-0.3, -0.25) is 9.78 Å². The number of methoxy groups -OCH3 is 1. The van der Waals surface area contributed by atoms with E-state index in [0.29, 0.717) is 0 Å². The van der Waals surface area contributed by atoms with Gasteiger partial charge in [-0.15, -0.1) is 0 Å². The molecule has 1 N–H and O–H groups in total. The van der Waals surface area contributed by atoms with Gasteiger partial charge in [-0.1, -0.05) is 23.2 Å². The Balaban J connectivity index is 2.36. The Hall–Kier alpha value is -2.18. The van der Waals surface area contributed by atoms with E-state index in [1.165, 1.54) is 37.8 Å². The number of benzene rings is 1. The normalized spacial score (nSPS) is 10.0. The lowest BCUT2D eigenvalue weighted by Gasteiger charge is -2.09. The van der Waals surface area contributed by atoms with Gasteiger partial charge in [0.15, 0.2) is 5.82 Å². The second-order valence-electron chi connectivity index (χ2n) is 3.86. The quantitative estimate of drug-likeness (QED) is 0.877. The SMILES string of the molecule is COC(=O)c1cc(Cl)c(Cl)c(C(=O)Nc2cnccn2)c1. The minimum atomic E-state index is -0.623. The summed E-state index contributed by atoms with van der Waals surface area (Å²) in [4.78, 5) is 31.4. The molecule has 2 aromatic rings. The first-order chi connectivity index (χ1) is 10.0. The van der Waals surface area contributed by atoms with Gasteiger partial charge in [-0.05, 0) is 12.1 Å². The minimum absolute atomic E-state index is 0.0331. The summed E-state index contributed by atoms with van der Waals surface area (Å²) in [5, 5.41) is 2.61. The zero-order chi connectivity index (χ0) is 15.4. The van der Waals surface area contributed by atoms with Gasteiger partial charge in [0.25, 0.3) is 5.91 Å². The molecule has 6 nitrogen and oxygen atoms in total. The molecule has 1 heterocycles. The van der Waals surface area contributed by atoms with Gasteiger partial charge in [-0.25, -0.2) is 9.78 Å². The summed E-state index contributed by atoms with van der Waals surface area (Å²) < 4.78 is 4.59. The molecule has 0 spiro atoms. The van der Waals surface area contributed by atoms with Crippen molar-refractivity contribution in [3.63, 3.8) is 0 Å². The van der Waals surface area contributed by atoms with Crippen LogP contribution in [0.5, 0.6) is 0 Å². The van der Waals surface area contributed by atoms with Crippen LogP contribution in [0, 0.1) is 0 Å². The number of ether oxygens (including phenoxy) is 1. The number of carbonyl (C=O) groups excluding carboxylic acids is 2. The zero-order valence-electron chi connectivity index (χ0n) is 10.8. The highest BCUT2D eigenvalue weighted by atomic mass is 35.5. The number of anilines is 1. The van der Waals surface area contributed by atoms with E-state index in [1.54, 1.807) is 0 Å². The molecule has 108 valence electrons. The summed E-state index contributed by atoms with van der Waals surface area (Å²) in [6.45, 7) is 0. The van der Waals surface area contributed by atoms with Crippen LogP contribution in [0.3, 0.4) is 0 Å². The van der Waals surface area contributed by atoms with Crippen LogP contribution < -0.4 is 5.32 Å². The molecule has 2 rings (SSSR count). The average molecular weight is 326 g/mol. The summed E-state index contributed by atoms with van der Waals surface area (Å²) >= 11 is 11.9. The monoisotopic (exact) mass is 325 g/mol. The molecule has 0 fully saturated rings. The zero-order valence-corrected chi connectivity index (χ0v) is 12.3. The Morgan fingerprint density at radius 3 is 2.62 bits per heavy atom. The fraction of sp³-hybridized carbons (Fsp3) is 0.0769. The Morgan fingerprint density at radius 1 is 1.24 bits per heavy atom. The number of hydrogen-bond donors (Lipinski definition) is 1. The first kappa shape index (κ1) is 15.2. The molecule has 0 unspecified atom stereocenters. The molecular weight excluding hydrogens is 317 g/mol. The van der Waals surface area contributed by atoms with Crippen molar-refractivity contribution in [2.24, 2.45) is 0 Å². The number of halogens is 2. The first-order valence-corrected chi connectivity index (χ1v) is 6.43. The number of aromatic nitrogens is 2. The number of carbonyl (C=O) groups is 2. The molecule has 0 bridgehead atoms. The van der Waals surface area contributed by atoms with Crippen LogP contribution in [-0.2, 0) is 4.74 Å². The van der Waals surface area contributed by atoms with Gasteiger partial charge in [0.05, 0.1) is 34.5 Å². The number of esters is 1. The first-order valence-electron chi connectivity index (χ1n) is 5.67. The molecule has 0 atom stereocenters. The predicted octanol–water partition coefficient (Wildman–Crippen LogP) is 2.82. The Bertz CT molecular complexity index is 693. The van der Waals surface area contributed by atoms with E-state index in [9.17, 15) is 9.59 Å². The highest BCUT2D eigenvalue weighted by molar-refractivity contribution is 6.44. The van der Waals surface area contributed by atoms with Crippen LogP contribution in [0.1, 0.15) is 20.7 Å². The van der Waals surface area contributed by atoms with Crippen molar-refractivity contribution >= 4 is 40.9 Å². The highest BCUT2D eigenvalue weighted by Crippen LogP contribution is 2.28. The Morgan fingerprint density at radius 2 is 2.00 bits per heavy atom. The van der Waals surface area contributed by atoms with Crippen LogP contribution in [0.25, 0.3) is 0 Å². The fourth-order valence-corrected chi connectivity index (χ4v) is 1.95. The summed E-state index contributed by atoms with van der Waals surface area (Å²) in [5.74, 6) is -0.937. The van der Waals surface area contributed by atoms with Crippen LogP contribution in [0.2, 0.25) is 10.0 Å². The Kier molecular flexibility index (Phi) is 4.72. The van der Waals surface area contributed by atoms with Crippen molar-refractivity contribution < 1.29 is 14.3 Å². The number of hydrogen-bond acceptors (Lipinski definition) is 5. The smallest absolute Gasteiger partial charge is 0.337 e. The van der Waals surface area contributed by atoms with Crippen molar-refractivity contribution in [2.45, 2.75) is 0 Å². The lowest BCUT2D eigenvalue weighted by Crippen LogP contribution is -2.15. The lowest BCUT2D eigenvalue weighted by molar-refractivity contribution is 0.0600. The average Bonchev–Trinajstić information content (AvgIpc) is 2.49. The third-order valence-electron chi connectivity index (χ3n) is 2.50. The lowest BCUT2D eigenvalue weighted by atomic mass is 10.1. The fourth-order valence-electron chi connectivity index (χ4n) is 1.54. The third kappa shape index (κ3) is 3.48. The molecule has 0 saturated heterocycles. The summed E-state index contributed by atoms with van der Waals surface area (Å²) in [6, 6.07) is 2.63. The van der Waals surface area contributed by atoms with E-state index in [0.717, 1.165) is 0 Å². The van der Waals surface area contributed by atoms with Crippen molar-refractivity contribution in [3.8, 4) is 0 Å².